The second-order valence-electron chi connectivity index (χ2n) is 5.21. The highest BCUT2D eigenvalue weighted by Gasteiger charge is 2.38. The molecule has 0 amide bonds. The summed E-state index contributed by atoms with van der Waals surface area (Å²) in [4.78, 5) is 9.78. The maximum Gasteiger partial charge on any atom is 0.335 e. The standard InChI is InChI=1S/C12H13F2NO4S/c1-12(2-3-12)6-15-20(18,19)9-5-7(11(16)17)4-8(13)10(9)14/h4-5,15H,2-3,6H2,1H3,(H,16,17). The predicted octanol–water partition coefficient (Wildman–Crippen LogP) is 1.74. The molecule has 5 nitrogen and oxygen atoms in total. The number of nitrogens with one attached hydrogen (secondary N) is 1. The fourth-order valence-electron chi connectivity index (χ4n) is 1.62. The van der Waals surface area contributed by atoms with Gasteiger partial charge in [-0.15, -0.1) is 0 Å². The van der Waals surface area contributed by atoms with Crippen molar-refractivity contribution in [3.63, 3.8) is 0 Å². The molecule has 110 valence electrons. The van der Waals surface area contributed by atoms with E-state index >= 15 is 0 Å². The molecule has 2 N–H and O–H groups in total. The van der Waals surface area contributed by atoms with Gasteiger partial charge >= 0.3 is 5.97 Å². The number of carbonyl (C=O) groups is 1. The van der Waals surface area contributed by atoms with Gasteiger partial charge in [-0.05, 0) is 30.4 Å². The number of sulfonamides is 1. The Balaban J connectivity index is 2.37. The van der Waals surface area contributed by atoms with Crippen LogP contribution in [0, 0.1) is 17.0 Å². The second-order valence-corrected chi connectivity index (χ2v) is 6.95. The van der Waals surface area contributed by atoms with Gasteiger partial charge in [0.25, 0.3) is 0 Å². The Bertz CT molecular complexity index is 668. The molecular formula is C12H13F2NO4S. The van der Waals surface area contributed by atoms with Crippen molar-refractivity contribution in [2.45, 2.75) is 24.7 Å². The summed E-state index contributed by atoms with van der Waals surface area (Å²) in [5, 5.41) is 8.76. The number of aromatic carboxylic acids is 1. The zero-order valence-corrected chi connectivity index (χ0v) is 11.4. The Morgan fingerprint density at radius 2 is 2.00 bits per heavy atom. The van der Waals surface area contributed by atoms with Gasteiger partial charge in [0.2, 0.25) is 10.0 Å². The third-order valence-corrected chi connectivity index (χ3v) is 4.72. The number of benzene rings is 1. The summed E-state index contributed by atoms with van der Waals surface area (Å²) < 4.78 is 52.9. The molecule has 0 saturated heterocycles. The van der Waals surface area contributed by atoms with Crippen LogP contribution in [-0.2, 0) is 10.0 Å². The molecule has 1 fully saturated rings. The lowest BCUT2D eigenvalue weighted by Gasteiger charge is -2.12. The molecule has 0 atom stereocenters. The van der Waals surface area contributed by atoms with E-state index in [2.05, 4.69) is 4.72 Å². The maximum atomic E-state index is 13.6. The van der Waals surface area contributed by atoms with E-state index in [9.17, 15) is 22.0 Å². The normalized spacial score (nSPS) is 16.9. The van der Waals surface area contributed by atoms with Gasteiger partial charge in [0.15, 0.2) is 11.6 Å². The fraction of sp³-hybridized carbons (Fsp3) is 0.417. The Morgan fingerprint density at radius 3 is 2.50 bits per heavy atom. The molecule has 8 heteroatoms. The average Bonchev–Trinajstić information content (AvgIpc) is 3.08. The van der Waals surface area contributed by atoms with Crippen LogP contribution >= 0.6 is 0 Å². The first-order valence-electron chi connectivity index (χ1n) is 5.87. The number of carboxylic acid groups (broad SMARTS) is 1. The van der Waals surface area contributed by atoms with Crippen LogP contribution in [0.3, 0.4) is 0 Å². The highest BCUT2D eigenvalue weighted by atomic mass is 32.2. The van der Waals surface area contributed by atoms with E-state index in [-0.39, 0.29) is 12.0 Å². The van der Waals surface area contributed by atoms with Gasteiger partial charge in [0.05, 0.1) is 5.56 Å². The highest BCUT2D eigenvalue weighted by molar-refractivity contribution is 7.89. The van der Waals surface area contributed by atoms with Crippen molar-refractivity contribution in [2.75, 3.05) is 6.54 Å². The number of rotatable bonds is 5. The zero-order valence-electron chi connectivity index (χ0n) is 10.6. The summed E-state index contributed by atoms with van der Waals surface area (Å²) in [5.41, 5.74) is -0.783. The smallest absolute Gasteiger partial charge is 0.335 e. The van der Waals surface area contributed by atoms with E-state index in [1.54, 1.807) is 0 Å². The lowest BCUT2D eigenvalue weighted by Crippen LogP contribution is -2.30. The lowest BCUT2D eigenvalue weighted by molar-refractivity contribution is 0.0696. The summed E-state index contributed by atoms with van der Waals surface area (Å²) >= 11 is 0. The molecule has 0 radical (unpaired) electrons. The van der Waals surface area contributed by atoms with Crippen molar-refractivity contribution in [3.05, 3.63) is 29.3 Å². The lowest BCUT2D eigenvalue weighted by atomic mass is 10.2. The fourth-order valence-corrected chi connectivity index (χ4v) is 2.93. The van der Waals surface area contributed by atoms with Gasteiger partial charge in [-0.2, -0.15) is 0 Å². The molecular weight excluding hydrogens is 292 g/mol. The summed E-state index contributed by atoms with van der Waals surface area (Å²) in [5.74, 6) is -4.62. The molecule has 20 heavy (non-hydrogen) atoms. The van der Waals surface area contributed by atoms with E-state index in [0.29, 0.717) is 12.1 Å². The van der Waals surface area contributed by atoms with Crippen LogP contribution < -0.4 is 4.72 Å². The van der Waals surface area contributed by atoms with E-state index < -0.39 is 38.1 Å². The van der Waals surface area contributed by atoms with Gasteiger partial charge in [-0.3, -0.25) is 0 Å². The van der Waals surface area contributed by atoms with Crippen LogP contribution in [0.4, 0.5) is 8.78 Å². The SMILES string of the molecule is CC1(CNS(=O)(=O)c2cc(C(=O)O)cc(F)c2F)CC1. The quantitative estimate of drug-likeness (QED) is 0.868. The zero-order chi connectivity index (χ0) is 15.1. The van der Waals surface area contributed by atoms with E-state index in [0.717, 1.165) is 12.8 Å². The van der Waals surface area contributed by atoms with Gasteiger partial charge in [0.1, 0.15) is 4.90 Å². The first kappa shape index (κ1) is 14.9. The van der Waals surface area contributed by atoms with Crippen molar-refractivity contribution in [1.82, 2.24) is 4.72 Å². The Hall–Kier alpha value is -1.54. The van der Waals surface area contributed by atoms with Gasteiger partial charge in [0, 0.05) is 6.54 Å². The average molecular weight is 305 g/mol. The number of hydrogen-bond acceptors (Lipinski definition) is 3. The third kappa shape index (κ3) is 2.96. The molecule has 2 rings (SSSR count). The van der Waals surface area contributed by atoms with E-state index in [1.807, 2.05) is 6.92 Å². The molecule has 1 aromatic carbocycles. The summed E-state index contributed by atoms with van der Waals surface area (Å²) in [6.07, 6.45) is 1.70. The summed E-state index contributed by atoms with van der Waals surface area (Å²) in [6, 6.07) is 1.05. The van der Waals surface area contributed by atoms with E-state index in [1.165, 1.54) is 0 Å². The Morgan fingerprint density at radius 1 is 1.40 bits per heavy atom. The van der Waals surface area contributed by atoms with E-state index in [4.69, 9.17) is 5.11 Å². The largest absolute Gasteiger partial charge is 0.478 e. The molecule has 1 aliphatic rings. The van der Waals surface area contributed by atoms with Crippen molar-refractivity contribution < 1.29 is 27.1 Å². The van der Waals surface area contributed by atoms with Crippen molar-refractivity contribution in [1.29, 1.82) is 0 Å². The molecule has 1 saturated carbocycles. The topological polar surface area (TPSA) is 83.5 Å². The van der Waals surface area contributed by atoms with Crippen LogP contribution in [-0.4, -0.2) is 26.0 Å². The van der Waals surface area contributed by atoms with Crippen LogP contribution in [0.15, 0.2) is 17.0 Å². The van der Waals surface area contributed by atoms with Crippen molar-refractivity contribution in [2.24, 2.45) is 5.41 Å². The van der Waals surface area contributed by atoms with Crippen LogP contribution in [0.1, 0.15) is 30.1 Å². The molecule has 0 spiro atoms. The Kier molecular flexibility index (Phi) is 3.55. The molecule has 1 aromatic rings. The monoisotopic (exact) mass is 305 g/mol. The molecule has 0 bridgehead atoms. The minimum atomic E-state index is -4.29. The minimum absolute atomic E-state index is 0.105. The second kappa shape index (κ2) is 4.78. The van der Waals surface area contributed by atoms with Gasteiger partial charge in [-0.25, -0.2) is 26.7 Å². The molecule has 0 aromatic heterocycles. The van der Waals surface area contributed by atoms with Crippen LogP contribution in [0.5, 0.6) is 0 Å². The third-order valence-electron chi connectivity index (χ3n) is 3.32. The number of carboxylic acids is 1. The van der Waals surface area contributed by atoms with Crippen LogP contribution in [0.2, 0.25) is 0 Å². The van der Waals surface area contributed by atoms with Gasteiger partial charge in [-0.1, -0.05) is 6.92 Å². The number of halogens is 2. The first-order valence-corrected chi connectivity index (χ1v) is 7.35. The Labute approximate surface area is 114 Å². The number of hydrogen-bond donors (Lipinski definition) is 2. The maximum absolute atomic E-state index is 13.6. The molecule has 1 aliphatic carbocycles. The predicted molar refractivity (Wildman–Crippen MR) is 65.8 cm³/mol. The summed E-state index contributed by atoms with van der Waals surface area (Å²) in [7, 11) is -4.29. The van der Waals surface area contributed by atoms with Gasteiger partial charge < -0.3 is 5.11 Å². The summed E-state index contributed by atoms with van der Waals surface area (Å²) in [6.45, 7) is 1.97. The van der Waals surface area contributed by atoms with Crippen molar-refractivity contribution in [3.8, 4) is 0 Å². The molecule has 0 aliphatic heterocycles. The molecule has 0 heterocycles. The van der Waals surface area contributed by atoms with Crippen molar-refractivity contribution >= 4 is 16.0 Å². The van der Waals surface area contributed by atoms with Crippen LogP contribution in [0.25, 0.3) is 0 Å². The highest BCUT2D eigenvalue weighted by Crippen LogP contribution is 2.44. The minimum Gasteiger partial charge on any atom is -0.478 e. The molecule has 0 unspecified atom stereocenters. The first-order chi connectivity index (χ1) is 9.15.